The van der Waals surface area contributed by atoms with E-state index in [2.05, 4.69) is 64.3 Å². The second-order valence-corrected chi connectivity index (χ2v) is 8.31. The minimum Gasteiger partial charge on any atom is -0.368 e. The number of carbonyl (C=O) groups excluding carboxylic acids is 1. The Labute approximate surface area is 187 Å². The van der Waals surface area contributed by atoms with Crippen LogP contribution >= 0.6 is 0 Å². The lowest BCUT2D eigenvalue weighted by atomic mass is 10.0. The van der Waals surface area contributed by atoms with E-state index in [1.165, 1.54) is 5.56 Å². The molecular formula is C24H39N5O2. The van der Waals surface area contributed by atoms with Gasteiger partial charge in [-0.3, -0.25) is 14.7 Å². The van der Waals surface area contributed by atoms with Crippen molar-refractivity contribution in [3.63, 3.8) is 0 Å². The minimum atomic E-state index is -0.225. The van der Waals surface area contributed by atoms with Crippen LogP contribution in [0.15, 0.2) is 35.3 Å². The van der Waals surface area contributed by atoms with Gasteiger partial charge in [-0.05, 0) is 37.9 Å². The van der Waals surface area contributed by atoms with E-state index in [-0.39, 0.29) is 12.0 Å². The molecule has 0 radical (unpaired) electrons. The number of nitrogens with zero attached hydrogens (tertiary/aromatic N) is 4. The molecule has 2 aliphatic heterocycles. The number of hydrogen-bond acceptors (Lipinski definition) is 4. The zero-order valence-corrected chi connectivity index (χ0v) is 19.4. The topological polar surface area (TPSA) is 60.4 Å². The molecule has 1 amide bonds. The Hall–Kier alpha value is -2.12. The van der Waals surface area contributed by atoms with Crippen molar-refractivity contribution in [3.05, 3.63) is 35.9 Å². The summed E-state index contributed by atoms with van der Waals surface area (Å²) in [4.78, 5) is 23.9. The predicted octanol–water partition coefficient (Wildman–Crippen LogP) is 1.84. The molecule has 1 aromatic carbocycles. The van der Waals surface area contributed by atoms with E-state index in [4.69, 9.17) is 4.74 Å². The number of piperazine rings is 1. The molecule has 7 nitrogen and oxygen atoms in total. The molecule has 1 aromatic rings. The van der Waals surface area contributed by atoms with Crippen LogP contribution in [-0.4, -0.2) is 98.2 Å². The molecule has 2 fully saturated rings. The summed E-state index contributed by atoms with van der Waals surface area (Å²) in [5.41, 5.74) is 1.36. The third kappa shape index (κ3) is 6.43. The first-order valence-corrected chi connectivity index (χ1v) is 11.8. The van der Waals surface area contributed by atoms with Gasteiger partial charge in [-0.1, -0.05) is 44.2 Å². The summed E-state index contributed by atoms with van der Waals surface area (Å²) < 4.78 is 5.58. The molecule has 2 unspecified atom stereocenters. The fourth-order valence-electron chi connectivity index (χ4n) is 4.61. The highest BCUT2D eigenvalue weighted by atomic mass is 16.5. The summed E-state index contributed by atoms with van der Waals surface area (Å²) in [5, 5.41) is 3.61. The van der Waals surface area contributed by atoms with Gasteiger partial charge in [0.25, 0.3) is 5.91 Å². The van der Waals surface area contributed by atoms with Crippen LogP contribution in [0, 0.1) is 0 Å². The highest BCUT2D eigenvalue weighted by Gasteiger charge is 2.31. The maximum atomic E-state index is 12.6. The van der Waals surface area contributed by atoms with Crippen molar-refractivity contribution in [1.29, 1.82) is 0 Å². The average molecular weight is 430 g/mol. The van der Waals surface area contributed by atoms with Gasteiger partial charge in [0.05, 0.1) is 0 Å². The number of amides is 1. The van der Waals surface area contributed by atoms with Gasteiger partial charge in [0, 0.05) is 52.4 Å². The lowest BCUT2D eigenvalue weighted by Gasteiger charge is -2.38. The summed E-state index contributed by atoms with van der Waals surface area (Å²) in [6.07, 6.45) is 2.63. The van der Waals surface area contributed by atoms with Crippen LogP contribution in [0.1, 0.15) is 32.3 Å². The zero-order valence-electron chi connectivity index (χ0n) is 19.4. The number of hydrogen-bond donors (Lipinski definition) is 1. The highest BCUT2D eigenvalue weighted by molar-refractivity contribution is 5.82. The summed E-state index contributed by atoms with van der Waals surface area (Å²) in [6.45, 7) is 11.1. The van der Waals surface area contributed by atoms with Gasteiger partial charge in [0.2, 0.25) is 0 Å². The molecule has 2 aliphatic rings. The van der Waals surface area contributed by atoms with Gasteiger partial charge in [-0.2, -0.15) is 0 Å². The fourth-order valence-corrected chi connectivity index (χ4v) is 4.61. The van der Waals surface area contributed by atoms with E-state index >= 15 is 0 Å². The normalized spacial score (nSPS) is 20.9. The molecular weight excluding hydrogens is 390 g/mol. The van der Waals surface area contributed by atoms with Gasteiger partial charge < -0.3 is 19.9 Å². The minimum absolute atomic E-state index is 0.157. The smallest absolute Gasteiger partial charge is 0.251 e. The summed E-state index contributed by atoms with van der Waals surface area (Å²) in [6, 6.07) is 11.1. The molecule has 0 aromatic heterocycles. The van der Waals surface area contributed by atoms with Crippen molar-refractivity contribution in [2.75, 3.05) is 59.5 Å². The summed E-state index contributed by atoms with van der Waals surface area (Å²) in [5.74, 6) is 1.08. The number of rotatable bonds is 8. The lowest BCUT2D eigenvalue weighted by Crippen LogP contribution is -2.56. The Kier molecular flexibility index (Phi) is 9.15. The van der Waals surface area contributed by atoms with Gasteiger partial charge in [0.15, 0.2) is 5.96 Å². The second kappa shape index (κ2) is 12.1. The number of nitrogens with one attached hydrogen (secondary N) is 1. The monoisotopic (exact) mass is 429 g/mol. The van der Waals surface area contributed by atoms with Crippen molar-refractivity contribution in [1.82, 2.24) is 20.0 Å². The molecule has 31 heavy (non-hydrogen) atoms. The maximum absolute atomic E-state index is 12.6. The Morgan fingerprint density at radius 1 is 1.16 bits per heavy atom. The molecule has 7 heteroatoms. The van der Waals surface area contributed by atoms with Gasteiger partial charge >= 0.3 is 0 Å². The van der Waals surface area contributed by atoms with Gasteiger partial charge in [-0.25, -0.2) is 0 Å². The van der Waals surface area contributed by atoms with Crippen LogP contribution in [0.2, 0.25) is 0 Å². The molecule has 172 valence electrons. The first-order valence-electron chi connectivity index (χ1n) is 11.8. The highest BCUT2D eigenvalue weighted by Crippen LogP contribution is 2.16. The number of benzene rings is 1. The second-order valence-electron chi connectivity index (χ2n) is 8.31. The first kappa shape index (κ1) is 23.5. The van der Waals surface area contributed by atoms with Crippen molar-refractivity contribution in [3.8, 4) is 0 Å². The van der Waals surface area contributed by atoms with E-state index in [1.54, 1.807) is 0 Å². The Balaban J connectivity index is 1.53. The van der Waals surface area contributed by atoms with E-state index in [0.717, 1.165) is 71.0 Å². The predicted molar refractivity (Wildman–Crippen MR) is 125 cm³/mol. The van der Waals surface area contributed by atoms with Gasteiger partial charge in [0.1, 0.15) is 6.10 Å². The molecule has 2 saturated heterocycles. The maximum Gasteiger partial charge on any atom is 0.251 e. The third-order valence-corrected chi connectivity index (χ3v) is 6.45. The van der Waals surface area contributed by atoms with Crippen molar-refractivity contribution >= 4 is 11.9 Å². The largest absolute Gasteiger partial charge is 0.368 e. The molecule has 1 N–H and O–H groups in total. The van der Waals surface area contributed by atoms with E-state index < -0.39 is 0 Å². The van der Waals surface area contributed by atoms with Crippen LogP contribution in [0.3, 0.4) is 0 Å². The standard InChI is InChI=1S/C24H39N5O2/c1-4-27(5-2)21(18-20-10-7-6-8-11-20)19-26-24(25-3)29-15-13-28(14-16-29)23(30)22-12-9-17-31-22/h6-8,10-11,21-22H,4-5,9,12-19H2,1-3H3,(H,25,26). The number of ether oxygens (including phenoxy) is 1. The molecule has 0 bridgehead atoms. The quantitative estimate of drug-likeness (QED) is 0.505. The molecule has 3 rings (SSSR count). The van der Waals surface area contributed by atoms with Crippen molar-refractivity contribution in [2.45, 2.75) is 45.3 Å². The SMILES string of the molecule is CCN(CC)C(CNC(=NC)N1CCN(C(=O)C2CCCO2)CC1)Cc1ccccc1. The molecule has 2 atom stereocenters. The molecule has 0 spiro atoms. The van der Waals surface area contributed by atoms with Crippen LogP contribution < -0.4 is 5.32 Å². The third-order valence-electron chi connectivity index (χ3n) is 6.45. The van der Waals surface area contributed by atoms with Crippen molar-refractivity contribution < 1.29 is 9.53 Å². The van der Waals surface area contributed by atoms with Crippen LogP contribution in [-0.2, 0) is 16.0 Å². The van der Waals surface area contributed by atoms with Crippen LogP contribution in [0.5, 0.6) is 0 Å². The number of likely N-dealkylation sites (N-methyl/N-ethyl adjacent to an activating group) is 1. The Bertz CT molecular complexity index is 693. The van der Waals surface area contributed by atoms with E-state index in [0.29, 0.717) is 12.6 Å². The number of carbonyl (C=O) groups is 1. The lowest BCUT2D eigenvalue weighted by molar-refractivity contribution is -0.142. The molecule has 0 aliphatic carbocycles. The van der Waals surface area contributed by atoms with Crippen LogP contribution in [0.4, 0.5) is 0 Å². The fraction of sp³-hybridized carbons (Fsp3) is 0.667. The number of guanidine groups is 1. The summed E-state index contributed by atoms with van der Waals surface area (Å²) in [7, 11) is 1.84. The van der Waals surface area contributed by atoms with E-state index in [1.807, 2.05) is 11.9 Å². The van der Waals surface area contributed by atoms with Crippen LogP contribution in [0.25, 0.3) is 0 Å². The zero-order chi connectivity index (χ0) is 22.1. The average Bonchev–Trinajstić information content (AvgIpc) is 3.36. The Morgan fingerprint density at radius 3 is 2.42 bits per heavy atom. The van der Waals surface area contributed by atoms with Gasteiger partial charge in [-0.15, -0.1) is 0 Å². The van der Waals surface area contributed by atoms with E-state index in [9.17, 15) is 4.79 Å². The number of aliphatic imine (C=N–C) groups is 1. The first-order chi connectivity index (χ1) is 15.2. The summed E-state index contributed by atoms with van der Waals surface area (Å²) >= 11 is 0. The molecule has 0 saturated carbocycles. The molecule has 2 heterocycles. The Morgan fingerprint density at radius 2 is 1.84 bits per heavy atom. The van der Waals surface area contributed by atoms with Crippen molar-refractivity contribution in [2.24, 2.45) is 4.99 Å².